The van der Waals surface area contributed by atoms with Crippen molar-refractivity contribution in [3.8, 4) is 0 Å². The number of hydrogen-bond acceptors (Lipinski definition) is 1. The minimum absolute atomic E-state index is 0.194. The number of halogens is 1. The van der Waals surface area contributed by atoms with E-state index in [1.807, 2.05) is 0 Å². The molecule has 0 aliphatic rings. The molecule has 0 atom stereocenters. The van der Waals surface area contributed by atoms with Crippen LogP contribution in [0.25, 0.3) is 0 Å². The first-order valence-corrected chi connectivity index (χ1v) is 3.44. The normalized spacial score (nSPS) is 11.1. The molecule has 0 rings (SSSR count). The summed E-state index contributed by atoms with van der Waals surface area (Å²) in [7, 11) is 0. The van der Waals surface area contributed by atoms with Gasteiger partial charge in [-0.05, 0) is 19.4 Å². The highest BCUT2D eigenvalue weighted by Crippen LogP contribution is 2.25. The lowest BCUT2D eigenvalue weighted by atomic mass is 9.86. The number of aliphatic carboxylic acids is 1. The third-order valence-corrected chi connectivity index (χ3v) is 1.90. The molecule has 0 amide bonds. The van der Waals surface area contributed by atoms with Crippen molar-refractivity contribution < 1.29 is 9.90 Å². The first-order valence-electron chi connectivity index (χ1n) is 2.90. The second kappa shape index (κ2) is 3.06. The Hall–Kier alpha value is -0.500. The highest BCUT2D eigenvalue weighted by atomic mass is 35.5. The summed E-state index contributed by atoms with van der Waals surface area (Å²) in [5.74, 6) is -0.697. The Morgan fingerprint density at radius 1 is 1.70 bits per heavy atom. The fraction of sp³-hybridized carbons (Fsp3) is 0.571. The standard InChI is InChI=1S/C7H11ClO2/c1-5(4-8)7(2,3)6(9)10/h1,4H2,2-3H3,(H,9,10). The summed E-state index contributed by atoms with van der Waals surface area (Å²) in [4.78, 5) is 10.5. The first-order chi connectivity index (χ1) is 4.42. The molecular weight excluding hydrogens is 152 g/mol. The van der Waals surface area contributed by atoms with Gasteiger partial charge in [-0.25, -0.2) is 0 Å². The minimum atomic E-state index is -0.901. The van der Waals surface area contributed by atoms with E-state index in [9.17, 15) is 4.79 Å². The quantitative estimate of drug-likeness (QED) is 0.508. The van der Waals surface area contributed by atoms with Gasteiger partial charge in [-0.2, -0.15) is 0 Å². The van der Waals surface area contributed by atoms with Gasteiger partial charge >= 0.3 is 5.97 Å². The molecule has 0 aliphatic carbocycles. The molecule has 0 saturated heterocycles. The summed E-state index contributed by atoms with van der Waals surface area (Å²) in [6, 6.07) is 0. The van der Waals surface area contributed by atoms with Gasteiger partial charge in [0.2, 0.25) is 0 Å². The van der Waals surface area contributed by atoms with Crippen molar-refractivity contribution in [3.05, 3.63) is 12.2 Å². The summed E-state index contributed by atoms with van der Waals surface area (Å²) < 4.78 is 0. The third-order valence-electron chi connectivity index (χ3n) is 1.58. The molecule has 0 fully saturated rings. The fourth-order valence-electron chi connectivity index (χ4n) is 0.318. The van der Waals surface area contributed by atoms with Crippen LogP contribution in [0.15, 0.2) is 12.2 Å². The lowest BCUT2D eigenvalue weighted by Crippen LogP contribution is -2.26. The monoisotopic (exact) mass is 162 g/mol. The number of carboxylic acid groups (broad SMARTS) is 1. The maximum absolute atomic E-state index is 10.5. The Kier molecular flexibility index (Phi) is 2.91. The molecule has 10 heavy (non-hydrogen) atoms. The Morgan fingerprint density at radius 3 is 2.20 bits per heavy atom. The van der Waals surface area contributed by atoms with Crippen LogP contribution in [-0.2, 0) is 4.79 Å². The van der Waals surface area contributed by atoms with E-state index >= 15 is 0 Å². The average molecular weight is 163 g/mol. The Labute approximate surface area is 65.5 Å². The van der Waals surface area contributed by atoms with Gasteiger partial charge in [-0.15, -0.1) is 11.6 Å². The van der Waals surface area contributed by atoms with Gasteiger partial charge in [0, 0.05) is 5.88 Å². The lowest BCUT2D eigenvalue weighted by Gasteiger charge is -2.19. The Morgan fingerprint density at radius 2 is 2.10 bits per heavy atom. The molecule has 0 heterocycles. The number of rotatable bonds is 3. The summed E-state index contributed by atoms with van der Waals surface area (Å²) in [5.41, 5.74) is -0.372. The van der Waals surface area contributed by atoms with Gasteiger partial charge in [-0.1, -0.05) is 6.58 Å². The van der Waals surface area contributed by atoms with E-state index in [2.05, 4.69) is 6.58 Å². The number of alkyl halides is 1. The molecule has 0 aromatic carbocycles. The van der Waals surface area contributed by atoms with Gasteiger partial charge in [0.15, 0.2) is 0 Å². The molecular formula is C7H11ClO2. The zero-order valence-electron chi connectivity index (χ0n) is 6.15. The largest absolute Gasteiger partial charge is 0.481 e. The molecule has 1 N–H and O–H groups in total. The van der Waals surface area contributed by atoms with E-state index in [1.54, 1.807) is 13.8 Å². The summed E-state index contributed by atoms with van der Waals surface area (Å²) in [5, 5.41) is 8.62. The smallest absolute Gasteiger partial charge is 0.313 e. The molecule has 0 aliphatic heterocycles. The van der Waals surface area contributed by atoms with Crippen molar-refractivity contribution in [1.29, 1.82) is 0 Å². The molecule has 0 bridgehead atoms. The average Bonchev–Trinajstić information content (AvgIpc) is 1.86. The second-order valence-corrected chi connectivity index (χ2v) is 2.93. The Bertz CT molecular complexity index is 161. The van der Waals surface area contributed by atoms with Gasteiger partial charge in [-0.3, -0.25) is 4.79 Å². The number of carbonyl (C=O) groups is 1. The van der Waals surface area contributed by atoms with Crippen LogP contribution in [-0.4, -0.2) is 17.0 Å². The van der Waals surface area contributed by atoms with Crippen molar-refractivity contribution in [2.24, 2.45) is 5.41 Å². The third kappa shape index (κ3) is 1.74. The molecule has 58 valence electrons. The van der Waals surface area contributed by atoms with E-state index in [-0.39, 0.29) is 5.88 Å². The second-order valence-electron chi connectivity index (χ2n) is 2.67. The summed E-state index contributed by atoms with van der Waals surface area (Å²) in [6.45, 7) is 6.72. The van der Waals surface area contributed by atoms with E-state index in [4.69, 9.17) is 16.7 Å². The minimum Gasteiger partial charge on any atom is -0.481 e. The van der Waals surface area contributed by atoms with E-state index < -0.39 is 11.4 Å². The molecule has 0 aromatic heterocycles. The van der Waals surface area contributed by atoms with E-state index in [0.717, 1.165) is 0 Å². The number of carboxylic acids is 1. The summed E-state index contributed by atoms with van der Waals surface area (Å²) >= 11 is 5.42. The van der Waals surface area contributed by atoms with Crippen molar-refractivity contribution in [2.75, 3.05) is 5.88 Å². The Balaban J connectivity index is 4.40. The molecule has 3 heteroatoms. The molecule has 0 saturated carbocycles. The fourth-order valence-corrected chi connectivity index (χ4v) is 0.652. The highest BCUT2D eigenvalue weighted by Gasteiger charge is 2.29. The molecule has 0 aromatic rings. The zero-order valence-corrected chi connectivity index (χ0v) is 6.90. The van der Waals surface area contributed by atoms with Crippen LogP contribution in [0.3, 0.4) is 0 Å². The van der Waals surface area contributed by atoms with Crippen LogP contribution in [0.5, 0.6) is 0 Å². The highest BCUT2D eigenvalue weighted by molar-refractivity contribution is 6.19. The van der Waals surface area contributed by atoms with Crippen molar-refractivity contribution in [2.45, 2.75) is 13.8 Å². The molecule has 0 spiro atoms. The predicted octanol–water partition coefficient (Wildman–Crippen LogP) is 1.89. The SMILES string of the molecule is C=C(CCl)C(C)(C)C(=O)O. The van der Waals surface area contributed by atoms with Gasteiger partial charge in [0.25, 0.3) is 0 Å². The zero-order chi connectivity index (χ0) is 8.36. The van der Waals surface area contributed by atoms with Crippen molar-refractivity contribution >= 4 is 17.6 Å². The first kappa shape index (κ1) is 9.50. The predicted molar refractivity (Wildman–Crippen MR) is 41.3 cm³/mol. The number of hydrogen-bond donors (Lipinski definition) is 1. The van der Waals surface area contributed by atoms with Gasteiger partial charge in [0.1, 0.15) is 0 Å². The van der Waals surface area contributed by atoms with Crippen LogP contribution in [0.1, 0.15) is 13.8 Å². The van der Waals surface area contributed by atoms with E-state index in [0.29, 0.717) is 5.57 Å². The van der Waals surface area contributed by atoms with E-state index in [1.165, 1.54) is 0 Å². The van der Waals surface area contributed by atoms with Crippen LogP contribution in [0.2, 0.25) is 0 Å². The summed E-state index contributed by atoms with van der Waals surface area (Å²) in [6.07, 6.45) is 0. The van der Waals surface area contributed by atoms with Crippen LogP contribution in [0.4, 0.5) is 0 Å². The van der Waals surface area contributed by atoms with Crippen molar-refractivity contribution in [3.63, 3.8) is 0 Å². The van der Waals surface area contributed by atoms with Gasteiger partial charge in [0.05, 0.1) is 5.41 Å². The van der Waals surface area contributed by atoms with Crippen LogP contribution in [0, 0.1) is 5.41 Å². The topological polar surface area (TPSA) is 37.3 Å². The molecule has 2 nitrogen and oxygen atoms in total. The maximum Gasteiger partial charge on any atom is 0.313 e. The lowest BCUT2D eigenvalue weighted by molar-refractivity contribution is -0.144. The van der Waals surface area contributed by atoms with Crippen molar-refractivity contribution in [1.82, 2.24) is 0 Å². The van der Waals surface area contributed by atoms with Gasteiger partial charge < -0.3 is 5.11 Å². The molecule has 0 radical (unpaired) electrons. The maximum atomic E-state index is 10.5. The van der Waals surface area contributed by atoms with Crippen LogP contribution >= 0.6 is 11.6 Å². The molecule has 0 unspecified atom stereocenters. The van der Waals surface area contributed by atoms with Crippen LogP contribution < -0.4 is 0 Å².